The first-order chi connectivity index (χ1) is 10.8. The van der Waals surface area contributed by atoms with E-state index in [4.69, 9.17) is 4.74 Å². The molecule has 0 saturated carbocycles. The topological polar surface area (TPSA) is 79.9 Å². The lowest BCUT2D eigenvalue weighted by Gasteiger charge is -2.04. The molecule has 0 aliphatic rings. The van der Waals surface area contributed by atoms with E-state index < -0.39 is 0 Å². The highest BCUT2D eigenvalue weighted by Crippen LogP contribution is 2.12. The molecule has 0 aliphatic heterocycles. The summed E-state index contributed by atoms with van der Waals surface area (Å²) in [4.78, 5) is 16.5. The van der Waals surface area contributed by atoms with Gasteiger partial charge in [-0.05, 0) is 18.2 Å². The van der Waals surface area contributed by atoms with Gasteiger partial charge >= 0.3 is 0 Å². The summed E-state index contributed by atoms with van der Waals surface area (Å²) < 4.78 is 5.00. The summed E-state index contributed by atoms with van der Waals surface area (Å²) in [7, 11) is 1.61. The van der Waals surface area contributed by atoms with Crippen molar-refractivity contribution in [1.29, 1.82) is 0 Å². The molecule has 0 radical (unpaired) electrons. The molecule has 0 spiro atoms. The third-order valence-corrected chi connectivity index (χ3v) is 3.27. The molecule has 1 aromatic carbocycles. The predicted octanol–water partition coefficient (Wildman–Crippen LogP) is 2.03. The van der Waals surface area contributed by atoms with Crippen molar-refractivity contribution in [1.82, 2.24) is 20.5 Å². The minimum atomic E-state index is -0.166. The fraction of sp³-hybridized carbons (Fsp3) is 0.188. The zero-order valence-electron chi connectivity index (χ0n) is 12.2. The number of benzene rings is 1. The average molecular weight is 296 g/mol. The fourth-order valence-electron chi connectivity index (χ4n) is 2.19. The number of methoxy groups -OCH3 is 1. The highest BCUT2D eigenvalue weighted by molar-refractivity contribution is 5.97. The van der Waals surface area contributed by atoms with Gasteiger partial charge in [0.2, 0.25) is 0 Å². The summed E-state index contributed by atoms with van der Waals surface area (Å²) in [6.45, 7) is 0.821. The van der Waals surface area contributed by atoms with Gasteiger partial charge in [0, 0.05) is 18.7 Å². The number of amides is 1. The fourth-order valence-corrected chi connectivity index (χ4v) is 2.19. The van der Waals surface area contributed by atoms with E-state index in [2.05, 4.69) is 20.5 Å². The molecule has 112 valence electrons. The van der Waals surface area contributed by atoms with E-state index in [0.717, 1.165) is 22.3 Å². The Hall–Kier alpha value is -2.73. The first kappa shape index (κ1) is 14.2. The number of ether oxygens (including phenoxy) is 1. The molecule has 1 amide bonds. The quantitative estimate of drug-likeness (QED) is 0.755. The molecule has 3 rings (SSSR count). The molecule has 0 bridgehead atoms. The maximum atomic E-state index is 12.2. The van der Waals surface area contributed by atoms with Crippen LogP contribution in [0, 0.1) is 0 Å². The van der Waals surface area contributed by atoms with Crippen LogP contribution >= 0.6 is 0 Å². The lowest BCUT2D eigenvalue weighted by atomic mass is 10.1. The number of rotatable bonds is 5. The van der Waals surface area contributed by atoms with E-state index in [1.807, 2.05) is 36.4 Å². The largest absolute Gasteiger partial charge is 0.378 e. The van der Waals surface area contributed by atoms with Crippen LogP contribution in [0.15, 0.2) is 42.6 Å². The van der Waals surface area contributed by atoms with E-state index in [1.54, 1.807) is 13.3 Å². The zero-order valence-corrected chi connectivity index (χ0v) is 12.2. The van der Waals surface area contributed by atoms with Crippen molar-refractivity contribution in [3.8, 4) is 0 Å². The Kier molecular flexibility index (Phi) is 4.11. The van der Waals surface area contributed by atoms with Crippen LogP contribution in [0.5, 0.6) is 0 Å². The first-order valence-corrected chi connectivity index (χ1v) is 6.91. The van der Waals surface area contributed by atoms with Crippen LogP contribution in [0.2, 0.25) is 0 Å². The Bertz CT molecular complexity index is 797. The number of hydrogen-bond acceptors (Lipinski definition) is 4. The van der Waals surface area contributed by atoms with Gasteiger partial charge in [0.25, 0.3) is 5.91 Å². The van der Waals surface area contributed by atoms with Crippen molar-refractivity contribution in [2.75, 3.05) is 7.11 Å². The highest BCUT2D eigenvalue weighted by Gasteiger charge is 2.08. The molecule has 2 aromatic heterocycles. The van der Waals surface area contributed by atoms with Crippen LogP contribution in [0.25, 0.3) is 10.9 Å². The van der Waals surface area contributed by atoms with E-state index >= 15 is 0 Å². The lowest BCUT2D eigenvalue weighted by molar-refractivity contribution is 0.0950. The SMILES string of the molecule is COCc1cc(CNC(=O)c2cnc3ccccc3c2)[nH]n1. The number of pyridine rings is 1. The van der Waals surface area contributed by atoms with Crippen LogP contribution in [0.4, 0.5) is 0 Å². The Morgan fingerprint density at radius 3 is 3.05 bits per heavy atom. The van der Waals surface area contributed by atoms with E-state index in [0.29, 0.717) is 18.7 Å². The van der Waals surface area contributed by atoms with Gasteiger partial charge in [0.1, 0.15) is 0 Å². The van der Waals surface area contributed by atoms with Crippen molar-refractivity contribution >= 4 is 16.8 Å². The minimum absolute atomic E-state index is 0.166. The van der Waals surface area contributed by atoms with E-state index in [9.17, 15) is 4.79 Å². The molecule has 0 aliphatic carbocycles. The van der Waals surface area contributed by atoms with Crippen LogP contribution in [-0.4, -0.2) is 28.2 Å². The van der Waals surface area contributed by atoms with Gasteiger partial charge < -0.3 is 10.1 Å². The van der Waals surface area contributed by atoms with Crippen LogP contribution in [-0.2, 0) is 17.9 Å². The van der Waals surface area contributed by atoms with Crippen molar-refractivity contribution in [2.24, 2.45) is 0 Å². The summed E-state index contributed by atoms with van der Waals surface area (Å²) >= 11 is 0. The number of aromatic nitrogens is 3. The standard InChI is InChI=1S/C16H16N4O2/c1-22-10-14-7-13(19-20-14)9-18-16(21)12-6-11-4-2-3-5-15(11)17-8-12/h2-8H,9-10H2,1H3,(H,18,21)(H,19,20). The Labute approximate surface area is 127 Å². The third kappa shape index (κ3) is 3.12. The number of hydrogen-bond donors (Lipinski definition) is 2. The second-order valence-electron chi connectivity index (χ2n) is 4.92. The maximum absolute atomic E-state index is 12.2. The number of fused-ring (bicyclic) bond motifs is 1. The maximum Gasteiger partial charge on any atom is 0.253 e. The molecule has 0 atom stereocenters. The van der Waals surface area contributed by atoms with Gasteiger partial charge in [0.15, 0.2) is 0 Å². The van der Waals surface area contributed by atoms with Gasteiger partial charge in [0.05, 0.1) is 35.6 Å². The Morgan fingerprint density at radius 2 is 2.18 bits per heavy atom. The first-order valence-electron chi connectivity index (χ1n) is 6.91. The van der Waals surface area contributed by atoms with Gasteiger partial charge in [-0.1, -0.05) is 18.2 Å². The van der Waals surface area contributed by atoms with Gasteiger partial charge in [-0.15, -0.1) is 0 Å². The number of aromatic amines is 1. The van der Waals surface area contributed by atoms with E-state index in [-0.39, 0.29) is 5.91 Å². The summed E-state index contributed by atoms with van der Waals surface area (Å²) in [6, 6.07) is 11.4. The Morgan fingerprint density at radius 1 is 1.32 bits per heavy atom. The minimum Gasteiger partial charge on any atom is -0.378 e. The molecule has 6 heteroatoms. The van der Waals surface area contributed by atoms with E-state index in [1.165, 1.54) is 0 Å². The molecule has 6 nitrogen and oxygen atoms in total. The molecule has 2 N–H and O–H groups in total. The third-order valence-electron chi connectivity index (χ3n) is 3.27. The van der Waals surface area contributed by atoms with Crippen molar-refractivity contribution in [3.63, 3.8) is 0 Å². The van der Waals surface area contributed by atoms with Gasteiger partial charge in [-0.25, -0.2) is 0 Å². The normalized spacial score (nSPS) is 10.8. The second-order valence-corrected chi connectivity index (χ2v) is 4.92. The highest BCUT2D eigenvalue weighted by atomic mass is 16.5. The summed E-state index contributed by atoms with van der Waals surface area (Å²) in [6.07, 6.45) is 1.58. The summed E-state index contributed by atoms with van der Waals surface area (Å²) in [5.41, 5.74) is 3.04. The monoisotopic (exact) mass is 296 g/mol. The number of carbonyl (C=O) groups is 1. The molecular formula is C16H16N4O2. The number of nitrogens with zero attached hydrogens (tertiary/aromatic N) is 2. The van der Waals surface area contributed by atoms with Crippen LogP contribution < -0.4 is 5.32 Å². The number of para-hydroxylation sites is 1. The zero-order chi connectivity index (χ0) is 15.4. The predicted molar refractivity (Wildman–Crippen MR) is 82.2 cm³/mol. The summed E-state index contributed by atoms with van der Waals surface area (Å²) in [5.74, 6) is -0.166. The van der Waals surface area contributed by atoms with Crippen molar-refractivity contribution in [2.45, 2.75) is 13.2 Å². The van der Waals surface area contributed by atoms with Gasteiger partial charge in [-0.3, -0.25) is 14.9 Å². The number of carbonyl (C=O) groups excluding carboxylic acids is 1. The van der Waals surface area contributed by atoms with Crippen LogP contribution in [0.1, 0.15) is 21.7 Å². The molecule has 0 fully saturated rings. The van der Waals surface area contributed by atoms with Gasteiger partial charge in [-0.2, -0.15) is 5.10 Å². The second kappa shape index (κ2) is 6.36. The average Bonchev–Trinajstić information content (AvgIpc) is 3.00. The molecule has 3 aromatic rings. The number of nitrogens with one attached hydrogen (secondary N) is 2. The smallest absolute Gasteiger partial charge is 0.253 e. The summed E-state index contributed by atoms with van der Waals surface area (Å²) in [5, 5.41) is 10.7. The van der Waals surface area contributed by atoms with Crippen molar-refractivity contribution < 1.29 is 9.53 Å². The lowest BCUT2D eigenvalue weighted by Crippen LogP contribution is -2.23. The molecule has 2 heterocycles. The molecular weight excluding hydrogens is 280 g/mol. The number of H-pyrrole nitrogens is 1. The Balaban J connectivity index is 1.67. The van der Waals surface area contributed by atoms with Crippen LogP contribution in [0.3, 0.4) is 0 Å². The molecule has 0 unspecified atom stereocenters. The molecule has 22 heavy (non-hydrogen) atoms. The van der Waals surface area contributed by atoms with Crippen molar-refractivity contribution in [3.05, 3.63) is 59.5 Å². The molecule has 0 saturated heterocycles.